The van der Waals surface area contributed by atoms with Crippen LogP contribution in [0.1, 0.15) is 33.4 Å². The second-order valence-electron chi connectivity index (χ2n) is 13.0. The fourth-order valence-electron chi connectivity index (χ4n) is 7.43. The molecule has 0 atom stereocenters. The van der Waals surface area contributed by atoms with Gasteiger partial charge in [0.25, 0.3) is 0 Å². The van der Waals surface area contributed by atoms with Crippen LogP contribution in [0.2, 0.25) is 0 Å². The molecule has 0 aliphatic carbocycles. The Balaban J connectivity index is 1.51. The van der Waals surface area contributed by atoms with Gasteiger partial charge < -0.3 is 4.90 Å². The van der Waals surface area contributed by atoms with Gasteiger partial charge in [0.1, 0.15) is 5.69 Å². The molecule has 6 aromatic rings. The fraction of sp³-hybridized carbons (Fsp3) is 0.190. The van der Waals surface area contributed by atoms with Gasteiger partial charge in [0.2, 0.25) is 6.71 Å². The molecule has 0 saturated heterocycles. The summed E-state index contributed by atoms with van der Waals surface area (Å²) >= 11 is 0. The molecule has 6 aromatic carbocycles. The first-order valence-electron chi connectivity index (χ1n) is 15.8. The van der Waals surface area contributed by atoms with E-state index < -0.39 is 0 Å². The fourth-order valence-corrected chi connectivity index (χ4v) is 7.43. The van der Waals surface area contributed by atoms with E-state index in [0.717, 1.165) is 0 Å². The summed E-state index contributed by atoms with van der Waals surface area (Å²) in [5.41, 5.74) is 18.6. The molecule has 0 aromatic heterocycles. The van der Waals surface area contributed by atoms with Crippen LogP contribution in [-0.2, 0) is 0 Å². The van der Waals surface area contributed by atoms with Crippen LogP contribution in [0.4, 0.5) is 5.69 Å². The quantitative estimate of drug-likeness (QED) is 0.200. The zero-order chi connectivity index (χ0) is 31.1. The topological polar surface area (TPSA) is 4.44 Å². The maximum Gasteiger partial charge on any atom is 0.242 e. The van der Waals surface area contributed by atoms with E-state index >= 15 is 0 Å². The van der Waals surface area contributed by atoms with Crippen LogP contribution < -0.4 is 21.3 Å². The normalized spacial score (nSPS) is 11.4. The number of nitrogens with one attached hydrogen (secondary N) is 1. The average Bonchev–Trinajstić information content (AvgIpc) is 2.99. The van der Waals surface area contributed by atoms with Gasteiger partial charge >= 0.3 is 0 Å². The first kappa shape index (κ1) is 29.7. The molecule has 0 aliphatic heterocycles. The molecule has 0 saturated carbocycles. The molecule has 218 valence electrons. The Morgan fingerprint density at radius 3 is 1.30 bits per heavy atom. The Bertz CT molecular complexity index is 1870. The maximum atomic E-state index is 2.37. The van der Waals surface area contributed by atoms with Gasteiger partial charge in [-0.1, -0.05) is 135 Å². The number of quaternary nitrogens is 1. The minimum Gasteiger partial charge on any atom is -0.307 e. The predicted octanol–water partition coefficient (Wildman–Crippen LogP) is 7.32. The van der Waals surface area contributed by atoms with Gasteiger partial charge in [-0.05, 0) is 98.8 Å². The Kier molecular flexibility index (Phi) is 8.05. The first-order valence-corrected chi connectivity index (χ1v) is 15.8. The number of hydrogen-bond donors (Lipinski definition) is 1. The van der Waals surface area contributed by atoms with Crippen molar-refractivity contribution >= 4 is 39.6 Å². The van der Waals surface area contributed by atoms with Crippen molar-refractivity contribution in [1.29, 1.82) is 0 Å². The standard InChI is InChI=1S/C42H42BN/c1-27-23-29(3)41(30(4)24-27)43(42-31(5)25-28(2)26-32(42)6)36-19-15-33(16-20-36)38-13-9-11-35-12-10-14-39(40(35)38)34-17-21-37(22-18-34)44(7)8/h9-26H,1-8H3/p+1. The molecule has 0 bridgehead atoms. The monoisotopic (exact) mass is 572 g/mol. The van der Waals surface area contributed by atoms with E-state index in [4.69, 9.17) is 0 Å². The van der Waals surface area contributed by atoms with Gasteiger partial charge in [0.05, 0.1) is 14.1 Å². The Labute approximate surface area is 264 Å². The summed E-state index contributed by atoms with van der Waals surface area (Å²) < 4.78 is 0. The van der Waals surface area contributed by atoms with Crippen LogP contribution in [0, 0.1) is 41.5 Å². The van der Waals surface area contributed by atoms with E-state index in [1.165, 1.54) is 93.4 Å². The lowest BCUT2D eigenvalue weighted by Crippen LogP contribution is -3.00. The highest BCUT2D eigenvalue weighted by Crippen LogP contribution is 2.36. The van der Waals surface area contributed by atoms with Crippen molar-refractivity contribution in [2.45, 2.75) is 41.5 Å². The van der Waals surface area contributed by atoms with Crippen LogP contribution in [0.3, 0.4) is 0 Å². The molecule has 0 unspecified atom stereocenters. The predicted molar refractivity (Wildman–Crippen MR) is 193 cm³/mol. The number of benzene rings is 6. The molecule has 1 nitrogen and oxygen atoms in total. The number of rotatable bonds is 6. The molecule has 1 N–H and O–H groups in total. The summed E-state index contributed by atoms with van der Waals surface area (Å²) in [6.07, 6.45) is 0. The SMILES string of the molecule is Cc1cc(C)c(B(c2ccc(-c3cccc4cccc(-c5ccc([NH+](C)C)cc5)c34)cc2)c2c(C)cc(C)cc2C)c(C)c1. The molecule has 0 spiro atoms. The minimum absolute atomic E-state index is 0.172. The maximum absolute atomic E-state index is 2.37. The van der Waals surface area contributed by atoms with Crippen LogP contribution in [0.15, 0.2) is 109 Å². The third-order valence-corrected chi connectivity index (χ3v) is 9.29. The Morgan fingerprint density at radius 2 is 0.886 bits per heavy atom. The molecule has 2 heteroatoms. The van der Waals surface area contributed by atoms with Crippen LogP contribution in [-0.4, -0.2) is 20.8 Å². The largest absolute Gasteiger partial charge is 0.307 e. The van der Waals surface area contributed by atoms with Gasteiger partial charge in [0.15, 0.2) is 0 Å². The molecule has 0 aliphatic rings. The van der Waals surface area contributed by atoms with Crippen LogP contribution >= 0.6 is 0 Å². The lowest BCUT2D eigenvalue weighted by atomic mass is 9.34. The molecule has 6 rings (SSSR count). The van der Waals surface area contributed by atoms with E-state index in [2.05, 4.69) is 165 Å². The average molecular weight is 573 g/mol. The summed E-state index contributed by atoms with van der Waals surface area (Å²) in [6, 6.07) is 41.2. The molecular weight excluding hydrogens is 529 g/mol. The molecule has 0 radical (unpaired) electrons. The van der Waals surface area contributed by atoms with Crippen molar-refractivity contribution in [2.24, 2.45) is 0 Å². The minimum atomic E-state index is 0.172. The van der Waals surface area contributed by atoms with Crippen LogP contribution in [0.25, 0.3) is 33.0 Å². The van der Waals surface area contributed by atoms with E-state index in [1.54, 1.807) is 0 Å². The second kappa shape index (κ2) is 11.9. The number of fused-ring (bicyclic) bond motifs is 1. The molecular formula is C42H43BN+. The van der Waals surface area contributed by atoms with E-state index in [1.807, 2.05) is 0 Å². The van der Waals surface area contributed by atoms with Gasteiger partial charge in [-0.25, -0.2) is 0 Å². The Morgan fingerprint density at radius 1 is 0.477 bits per heavy atom. The lowest BCUT2D eigenvalue weighted by Gasteiger charge is -2.25. The van der Waals surface area contributed by atoms with Crippen molar-refractivity contribution in [3.8, 4) is 22.3 Å². The Hall–Kier alpha value is -4.40. The summed E-state index contributed by atoms with van der Waals surface area (Å²) in [4.78, 5) is 1.33. The molecule has 44 heavy (non-hydrogen) atoms. The van der Waals surface area contributed by atoms with Gasteiger partial charge in [0, 0.05) is 0 Å². The van der Waals surface area contributed by atoms with E-state index in [9.17, 15) is 0 Å². The summed E-state index contributed by atoms with van der Waals surface area (Å²) in [5.74, 6) is 0. The van der Waals surface area contributed by atoms with Crippen molar-refractivity contribution in [1.82, 2.24) is 0 Å². The molecule has 0 heterocycles. The highest BCUT2D eigenvalue weighted by Gasteiger charge is 2.28. The van der Waals surface area contributed by atoms with Gasteiger partial charge in [-0.2, -0.15) is 0 Å². The highest BCUT2D eigenvalue weighted by atomic mass is 15.1. The lowest BCUT2D eigenvalue weighted by molar-refractivity contribution is -0.786. The third kappa shape index (κ3) is 5.51. The van der Waals surface area contributed by atoms with Crippen molar-refractivity contribution in [2.75, 3.05) is 14.1 Å². The van der Waals surface area contributed by atoms with Crippen molar-refractivity contribution in [3.05, 3.63) is 143 Å². The van der Waals surface area contributed by atoms with Gasteiger partial charge in [-0.3, -0.25) is 0 Å². The highest BCUT2D eigenvalue weighted by molar-refractivity contribution is 6.96. The van der Waals surface area contributed by atoms with Crippen molar-refractivity contribution in [3.63, 3.8) is 0 Å². The molecule has 0 fully saturated rings. The first-order chi connectivity index (χ1) is 21.1. The summed E-state index contributed by atoms with van der Waals surface area (Å²) in [7, 11) is 4.34. The van der Waals surface area contributed by atoms with E-state index in [0.29, 0.717) is 0 Å². The van der Waals surface area contributed by atoms with Crippen molar-refractivity contribution < 1.29 is 4.90 Å². The van der Waals surface area contributed by atoms with Crippen LogP contribution in [0.5, 0.6) is 0 Å². The number of hydrogen-bond acceptors (Lipinski definition) is 0. The molecule has 0 amide bonds. The summed E-state index contributed by atoms with van der Waals surface area (Å²) in [6.45, 7) is 13.7. The third-order valence-electron chi connectivity index (χ3n) is 9.29. The zero-order valence-electron chi connectivity index (χ0n) is 27.5. The second-order valence-corrected chi connectivity index (χ2v) is 13.0. The zero-order valence-corrected chi connectivity index (χ0v) is 27.5. The summed E-state index contributed by atoms with van der Waals surface area (Å²) in [5, 5.41) is 2.57. The van der Waals surface area contributed by atoms with E-state index in [-0.39, 0.29) is 6.71 Å². The smallest absolute Gasteiger partial charge is 0.242 e. The van der Waals surface area contributed by atoms with Gasteiger partial charge in [-0.15, -0.1) is 0 Å². The number of aryl methyl sites for hydroxylation is 6.